The lowest BCUT2D eigenvalue weighted by Crippen LogP contribution is -2.58. The van der Waals surface area contributed by atoms with Crippen LogP contribution in [0.1, 0.15) is 48.3 Å². The van der Waals surface area contributed by atoms with Crippen LogP contribution in [0.5, 0.6) is 11.5 Å². The summed E-state index contributed by atoms with van der Waals surface area (Å²) in [6, 6.07) is 40.7. The van der Waals surface area contributed by atoms with Crippen LogP contribution in [0.4, 0.5) is 10.5 Å². The number of fused-ring (bicyclic) bond motifs is 2. The zero-order valence-electron chi connectivity index (χ0n) is 37.3. The molecule has 6 aromatic carbocycles. The van der Waals surface area contributed by atoms with Crippen molar-refractivity contribution in [1.82, 2.24) is 21.5 Å². The Morgan fingerprint density at radius 3 is 2.21 bits per heavy atom. The van der Waals surface area contributed by atoms with E-state index in [1.807, 2.05) is 72.8 Å². The number of benzene rings is 6. The summed E-state index contributed by atoms with van der Waals surface area (Å²) in [4.78, 5) is 69.1. The second-order valence-electron chi connectivity index (χ2n) is 16.6. The minimum atomic E-state index is -4.51. The lowest BCUT2D eigenvalue weighted by atomic mass is 10.0. The van der Waals surface area contributed by atoms with Gasteiger partial charge in [-0.3, -0.25) is 29.2 Å². The molecule has 5 N–H and O–H groups in total. The van der Waals surface area contributed by atoms with Gasteiger partial charge < -0.3 is 29.5 Å². The van der Waals surface area contributed by atoms with E-state index in [4.69, 9.17) is 18.5 Å². The van der Waals surface area contributed by atoms with Crippen molar-refractivity contribution in [1.29, 1.82) is 0 Å². The molecule has 17 heteroatoms. The Hall–Kier alpha value is -6.68. The van der Waals surface area contributed by atoms with Gasteiger partial charge in [-0.15, -0.1) is 11.8 Å². The number of rotatable bonds is 17. The minimum Gasteiger partial charge on any atom is -0.497 e. The molecule has 1 unspecified atom stereocenters. The Morgan fingerprint density at radius 2 is 1.48 bits per heavy atom. The zero-order valence-corrected chi connectivity index (χ0v) is 39.1. The summed E-state index contributed by atoms with van der Waals surface area (Å²) >= 11 is 1.36. The molecule has 0 radical (unpaired) electrons. The van der Waals surface area contributed by atoms with Gasteiger partial charge in [-0.25, -0.2) is 14.8 Å². The average molecular weight is 946 g/mol. The number of phosphoric ester groups is 1. The van der Waals surface area contributed by atoms with Crippen molar-refractivity contribution in [2.45, 2.75) is 68.2 Å². The molecule has 0 bridgehead atoms. The van der Waals surface area contributed by atoms with Crippen molar-refractivity contribution in [3.05, 3.63) is 168 Å². The van der Waals surface area contributed by atoms with Crippen LogP contribution in [-0.2, 0) is 47.8 Å². The first-order valence-corrected chi connectivity index (χ1v) is 23.8. The number of amides is 4. The Kier molecular flexibility index (Phi) is 15.7. The maximum atomic E-state index is 15.1. The third-order valence-corrected chi connectivity index (χ3v) is 12.8. The number of nitrogens with zero attached hydrogens (tertiary/aromatic N) is 1. The quantitative estimate of drug-likeness (QED) is 0.0436. The first kappa shape index (κ1) is 48.3. The van der Waals surface area contributed by atoms with Crippen LogP contribution in [0.15, 0.2) is 150 Å². The van der Waals surface area contributed by atoms with Crippen LogP contribution in [-0.4, -0.2) is 60.0 Å². The summed E-state index contributed by atoms with van der Waals surface area (Å²) in [7, 11) is -2.97. The number of methoxy groups -OCH3 is 1. The van der Waals surface area contributed by atoms with Gasteiger partial charge in [0.15, 0.2) is 0 Å². The van der Waals surface area contributed by atoms with Crippen LogP contribution < -0.4 is 35.6 Å². The molecule has 15 nitrogen and oxygen atoms in total. The number of para-hydroxylation sites is 1. The highest BCUT2D eigenvalue weighted by Gasteiger charge is 2.41. The van der Waals surface area contributed by atoms with Crippen LogP contribution in [0.25, 0.3) is 10.8 Å². The van der Waals surface area contributed by atoms with E-state index in [1.54, 1.807) is 88.5 Å². The SMILES string of the molecule is COc1ccc([C@@H]2Sc3ccccc3N(CC(=O)NCc3cccc4ccccc34)C(=O)[C@H]2NC(=O)[C@H](Cc2ccc(OP(=O)(O)OCc3ccccc3)cc2)NNC(=O)OC(C)(C)C)cc1. The number of anilines is 1. The Balaban J connectivity index is 1.15. The largest absolute Gasteiger partial charge is 0.527 e. The standard InChI is InChI=1S/C50H52N5O10PS/c1-50(2,3)64-49(59)54-53-41(29-33-21-25-39(26-22-33)65-66(60,61)63-32-34-13-6-5-7-14-34)47(57)52-45-46(36-23-27-38(62-4)28-24-36)67-43-20-11-10-19-42(43)55(48(45)58)31-44(56)51-30-37-17-12-16-35-15-8-9-18-40(35)37/h5-28,41,45-46,53H,29-32H2,1-4H3,(H,51,56)(H,52,57)(H,54,59)(H,60,61)/t41-,45-,46-/m0/s1. The molecule has 7 rings (SSSR count). The highest BCUT2D eigenvalue weighted by Crippen LogP contribution is 2.47. The fraction of sp³-hybridized carbons (Fsp3) is 0.240. The van der Waals surface area contributed by atoms with Gasteiger partial charge in [0.05, 0.1) is 24.7 Å². The van der Waals surface area contributed by atoms with Gasteiger partial charge in [0, 0.05) is 11.4 Å². The number of hydrazine groups is 1. The predicted octanol–water partition coefficient (Wildman–Crippen LogP) is 8.17. The molecule has 0 aliphatic carbocycles. The van der Waals surface area contributed by atoms with Gasteiger partial charge in [0.2, 0.25) is 11.8 Å². The molecule has 0 spiro atoms. The van der Waals surface area contributed by atoms with Crippen molar-refractivity contribution in [3.63, 3.8) is 0 Å². The molecule has 1 heterocycles. The number of thioether (sulfide) groups is 1. The number of hydrogen-bond acceptors (Lipinski definition) is 11. The Morgan fingerprint density at radius 1 is 0.806 bits per heavy atom. The van der Waals surface area contributed by atoms with E-state index in [2.05, 4.69) is 21.5 Å². The molecular weight excluding hydrogens is 894 g/mol. The number of nitrogens with one attached hydrogen (secondary N) is 4. The van der Waals surface area contributed by atoms with Crippen molar-refractivity contribution in [3.8, 4) is 11.5 Å². The molecule has 348 valence electrons. The molecule has 0 aromatic heterocycles. The van der Waals surface area contributed by atoms with E-state index in [0.717, 1.165) is 16.3 Å². The molecule has 1 aliphatic rings. The summed E-state index contributed by atoms with van der Waals surface area (Å²) in [6.07, 6.45) is -0.901. The van der Waals surface area contributed by atoms with Crippen molar-refractivity contribution < 1.29 is 47.2 Å². The van der Waals surface area contributed by atoms with Gasteiger partial charge in [0.25, 0.3) is 5.91 Å². The zero-order chi connectivity index (χ0) is 47.6. The normalized spacial score (nSPS) is 16.1. The molecule has 67 heavy (non-hydrogen) atoms. The molecule has 1 aliphatic heterocycles. The number of hydrogen-bond donors (Lipinski definition) is 5. The fourth-order valence-electron chi connectivity index (χ4n) is 7.32. The van der Waals surface area contributed by atoms with E-state index in [9.17, 15) is 23.8 Å². The van der Waals surface area contributed by atoms with Crippen molar-refractivity contribution in [2.24, 2.45) is 0 Å². The van der Waals surface area contributed by atoms with Crippen LogP contribution in [0, 0.1) is 0 Å². The van der Waals surface area contributed by atoms with Crippen LogP contribution in [0.2, 0.25) is 0 Å². The van der Waals surface area contributed by atoms with Crippen molar-refractivity contribution >= 4 is 59.9 Å². The summed E-state index contributed by atoms with van der Waals surface area (Å²) in [5.74, 6) is -1.00. The minimum absolute atomic E-state index is 0.0349. The maximum absolute atomic E-state index is 15.1. The molecule has 4 amide bonds. The van der Waals surface area contributed by atoms with Gasteiger partial charge >= 0.3 is 13.9 Å². The van der Waals surface area contributed by atoms with Gasteiger partial charge in [0.1, 0.15) is 35.7 Å². The highest BCUT2D eigenvalue weighted by atomic mass is 32.2. The molecule has 0 fully saturated rings. The lowest BCUT2D eigenvalue weighted by molar-refractivity contribution is -0.129. The first-order valence-electron chi connectivity index (χ1n) is 21.4. The average Bonchev–Trinajstić information content (AvgIpc) is 3.42. The van der Waals surface area contributed by atoms with Crippen LogP contribution >= 0.6 is 19.6 Å². The van der Waals surface area contributed by atoms with E-state index in [-0.39, 0.29) is 31.9 Å². The van der Waals surface area contributed by atoms with E-state index in [0.29, 0.717) is 33.0 Å². The number of carbonyl (C=O) groups is 4. The number of carbonyl (C=O) groups excluding carboxylic acids is 4. The molecule has 6 aromatic rings. The molecule has 0 saturated carbocycles. The predicted molar refractivity (Wildman–Crippen MR) is 256 cm³/mol. The fourth-order valence-corrected chi connectivity index (χ4v) is 9.42. The Bertz CT molecular complexity index is 2730. The Labute approximate surface area is 393 Å². The topological polar surface area (TPSA) is 194 Å². The summed E-state index contributed by atoms with van der Waals surface area (Å²) in [5.41, 5.74) is 7.73. The molecule has 4 atom stereocenters. The second-order valence-corrected chi connectivity index (χ2v) is 19.2. The van der Waals surface area contributed by atoms with Gasteiger partial charge in [-0.1, -0.05) is 109 Å². The molecule has 0 saturated heterocycles. The maximum Gasteiger partial charge on any atom is 0.527 e. The summed E-state index contributed by atoms with van der Waals surface area (Å²) < 4.78 is 34.1. The third-order valence-electron chi connectivity index (χ3n) is 10.5. The van der Waals surface area contributed by atoms with Gasteiger partial charge in [-0.05, 0) is 96.6 Å². The third kappa shape index (κ3) is 13.2. The summed E-state index contributed by atoms with van der Waals surface area (Å²) in [5, 5.41) is 7.30. The van der Waals surface area contributed by atoms with E-state index in [1.165, 1.54) is 28.8 Å². The smallest absolute Gasteiger partial charge is 0.497 e. The van der Waals surface area contributed by atoms with E-state index >= 15 is 4.79 Å². The molecular formula is C50H52N5O10PS. The van der Waals surface area contributed by atoms with E-state index < -0.39 is 54.6 Å². The highest BCUT2D eigenvalue weighted by molar-refractivity contribution is 7.99. The first-order chi connectivity index (χ1) is 32.1. The van der Waals surface area contributed by atoms with Gasteiger partial charge in [-0.2, -0.15) is 0 Å². The number of phosphoric acid groups is 1. The second kappa shape index (κ2) is 21.7. The lowest BCUT2D eigenvalue weighted by Gasteiger charge is -2.30. The number of ether oxygens (including phenoxy) is 2. The monoisotopic (exact) mass is 945 g/mol. The summed E-state index contributed by atoms with van der Waals surface area (Å²) in [6.45, 7) is 4.81. The van der Waals surface area contributed by atoms with Crippen LogP contribution in [0.3, 0.4) is 0 Å². The van der Waals surface area contributed by atoms with Crippen molar-refractivity contribution in [2.75, 3.05) is 18.6 Å².